The standard InChI is InChI=1S/C9H9F3O2/c1-8(9(10,11)12)4-2-3-6(5-8)7(13)14/h2-4H,5H2,1H3,(H,13,14). The smallest absolute Gasteiger partial charge is 0.397 e. The lowest BCUT2D eigenvalue weighted by atomic mass is 9.79. The van der Waals surface area contributed by atoms with Crippen molar-refractivity contribution in [3.8, 4) is 0 Å². The van der Waals surface area contributed by atoms with Crippen molar-refractivity contribution in [2.45, 2.75) is 19.5 Å². The van der Waals surface area contributed by atoms with Crippen LogP contribution in [0.4, 0.5) is 13.2 Å². The number of carboxylic acids is 1. The van der Waals surface area contributed by atoms with Gasteiger partial charge in [-0.3, -0.25) is 0 Å². The number of aliphatic carboxylic acids is 1. The first-order valence-corrected chi connectivity index (χ1v) is 3.95. The maximum Gasteiger partial charge on any atom is 0.397 e. The Balaban J connectivity index is 2.96. The molecule has 0 spiro atoms. The Bertz CT molecular complexity index is 315. The Labute approximate surface area is 78.7 Å². The van der Waals surface area contributed by atoms with Gasteiger partial charge in [0.1, 0.15) is 0 Å². The molecule has 0 aromatic carbocycles. The zero-order chi connectivity index (χ0) is 11.0. The number of hydrogen-bond acceptors (Lipinski definition) is 1. The SMILES string of the molecule is CC1(C(F)(F)F)C=CC=C(C(=O)O)C1. The van der Waals surface area contributed by atoms with E-state index in [2.05, 4.69) is 0 Å². The zero-order valence-corrected chi connectivity index (χ0v) is 7.43. The molecule has 0 fully saturated rings. The fourth-order valence-corrected chi connectivity index (χ4v) is 1.23. The number of alkyl halides is 3. The minimum atomic E-state index is -4.42. The number of allylic oxidation sites excluding steroid dienone is 3. The van der Waals surface area contributed by atoms with E-state index in [4.69, 9.17) is 5.11 Å². The summed E-state index contributed by atoms with van der Waals surface area (Å²) >= 11 is 0. The molecule has 5 heteroatoms. The Hall–Kier alpha value is -1.26. The summed E-state index contributed by atoms with van der Waals surface area (Å²) < 4.78 is 37.5. The summed E-state index contributed by atoms with van der Waals surface area (Å²) in [5.74, 6) is -1.30. The van der Waals surface area contributed by atoms with Gasteiger partial charge in [0.05, 0.1) is 5.41 Å². The van der Waals surface area contributed by atoms with E-state index in [-0.39, 0.29) is 5.57 Å². The monoisotopic (exact) mass is 206 g/mol. The third kappa shape index (κ3) is 1.81. The van der Waals surface area contributed by atoms with E-state index < -0.39 is 24.0 Å². The minimum absolute atomic E-state index is 0.215. The summed E-state index contributed by atoms with van der Waals surface area (Å²) in [6.07, 6.45) is -1.61. The summed E-state index contributed by atoms with van der Waals surface area (Å²) in [6, 6.07) is 0. The van der Waals surface area contributed by atoms with Gasteiger partial charge in [0.15, 0.2) is 0 Å². The van der Waals surface area contributed by atoms with Crippen molar-refractivity contribution in [3.63, 3.8) is 0 Å². The topological polar surface area (TPSA) is 37.3 Å². The van der Waals surface area contributed by atoms with E-state index in [1.807, 2.05) is 0 Å². The summed E-state index contributed by atoms with van der Waals surface area (Å²) in [5.41, 5.74) is -2.28. The molecule has 1 atom stereocenters. The fraction of sp³-hybridized carbons (Fsp3) is 0.444. The number of rotatable bonds is 1. The molecule has 1 aliphatic rings. The Morgan fingerprint density at radius 2 is 2.14 bits per heavy atom. The molecule has 0 aromatic heterocycles. The molecular formula is C9H9F3O2. The molecule has 1 N–H and O–H groups in total. The van der Waals surface area contributed by atoms with Gasteiger partial charge in [-0.1, -0.05) is 18.2 Å². The predicted octanol–water partition coefficient (Wildman–Crippen LogP) is 2.53. The molecule has 0 bridgehead atoms. The largest absolute Gasteiger partial charge is 0.478 e. The quantitative estimate of drug-likeness (QED) is 0.715. The molecule has 0 heterocycles. The van der Waals surface area contributed by atoms with E-state index in [0.29, 0.717) is 0 Å². The van der Waals surface area contributed by atoms with Crippen LogP contribution in [0.15, 0.2) is 23.8 Å². The van der Waals surface area contributed by atoms with Crippen LogP contribution in [0.25, 0.3) is 0 Å². The second-order valence-corrected chi connectivity index (χ2v) is 3.45. The molecule has 0 amide bonds. The van der Waals surface area contributed by atoms with Crippen LogP contribution in [0.3, 0.4) is 0 Å². The average Bonchev–Trinajstić information content (AvgIpc) is 2.02. The Morgan fingerprint density at radius 3 is 2.57 bits per heavy atom. The maximum absolute atomic E-state index is 12.5. The van der Waals surface area contributed by atoms with E-state index in [1.165, 1.54) is 6.08 Å². The molecule has 1 unspecified atom stereocenters. The Kier molecular flexibility index (Phi) is 2.43. The number of carboxylic acid groups (broad SMARTS) is 1. The van der Waals surface area contributed by atoms with Gasteiger partial charge in [-0.2, -0.15) is 13.2 Å². The van der Waals surface area contributed by atoms with Crippen molar-refractivity contribution in [2.75, 3.05) is 0 Å². The molecule has 0 aromatic rings. The van der Waals surface area contributed by atoms with Crippen molar-refractivity contribution in [3.05, 3.63) is 23.8 Å². The van der Waals surface area contributed by atoms with Crippen LogP contribution in [-0.4, -0.2) is 17.3 Å². The van der Waals surface area contributed by atoms with Gasteiger partial charge in [-0.05, 0) is 13.3 Å². The van der Waals surface area contributed by atoms with Gasteiger partial charge < -0.3 is 5.11 Å². The fourth-order valence-electron chi connectivity index (χ4n) is 1.23. The van der Waals surface area contributed by atoms with Gasteiger partial charge in [-0.15, -0.1) is 0 Å². The molecule has 0 saturated carbocycles. The van der Waals surface area contributed by atoms with Crippen LogP contribution < -0.4 is 0 Å². The third-order valence-electron chi connectivity index (χ3n) is 2.24. The Morgan fingerprint density at radius 1 is 1.57 bits per heavy atom. The van der Waals surface area contributed by atoms with E-state index in [9.17, 15) is 18.0 Å². The van der Waals surface area contributed by atoms with Crippen LogP contribution >= 0.6 is 0 Å². The van der Waals surface area contributed by atoms with Crippen LogP contribution in [0.2, 0.25) is 0 Å². The zero-order valence-electron chi connectivity index (χ0n) is 7.43. The van der Waals surface area contributed by atoms with Crippen molar-refractivity contribution in [1.82, 2.24) is 0 Å². The lowest BCUT2D eigenvalue weighted by Crippen LogP contribution is -2.35. The molecule has 2 nitrogen and oxygen atoms in total. The van der Waals surface area contributed by atoms with Crippen molar-refractivity contribution < 1.29 is 23.1 Å². The molecule has 14 heavy (non-hydrogen) atoms. The maximum atomic E-state index is 12.5. The summed E-state index contributed by atoms with van der Waals surface area (Å²) in [5, 5.41) is 8.57. The van der Waals surface area contributed by atoms with Gasteiger partial charge in [0.25, 0.3) is 0 Å². The first kappa shape index (κ1) is 10.8. The molecular weight excluding hydrogens is 197 g/mol. The molecule has 1 rings (SSSR count). The highest BCUT2D eigenvalue weighted by Crippen LogP contribution is 2.45. The van der Waals surface area contributed by atoms with Gasteiger partial charge in [0, 0.05) is 5.57 Å². The molecule has 1 aliphatic carbocycles. The summed E-state index contributed by atoms with van der Waals surface area (Å²) in [4.78, 5) is 10.5. The second kappa shape index (κ2) is 3.15. The molecule has 0 saturated heterocycles. The minimum Gasteiger partial charge on any atom is -0.478 e. The number of halogens is 3. The molecule has 78 valence electrons. The highest BCUT2D eigenvalue weighted by Gasteiger charge is 2.50. The predicted molar refractivity (Wildman–Crippen MR) is 43.6 cm³/mol. The lowest BCUT2D eigenvalue weighted by molar-refractivity contribution is -0.200. The van der Waals surface area contributed by atoms with Crippen molar-refractivity contribution in [2.24, 2.45) is 5.41 Å². The van der Waals surface area contributed by atoms with Crippen LogP contribution in [0, 0.1) is 5.41 Å². The highest BCUT2D eigenvalue weighted by atomic mass is 19.4. The van der Waals surface area contributed by atoms with Crippen molar-refractivity contribution in [1.29, 1.82) is 0 Å². The number of carbonyl (C=O) groups is 1. The van der Waals surface area contributed by atoms with Gasteiger partial charge in [0.2, 0.25) is 0 Å². The lowest BCUT2D eigenvalue weighted by Gasteiger charge is -2.30. The normalized spacial score (nSPS) is 27.3. The van der Waals surface area contributed by atoms with Crippen LogP contribution in [0.1, 0.15) is 13.3 Å². The van der Waals surface area contributed by atoms with E-state index in [0.717, 1.165) is 19.1 Å². The van der Waals surface area contributed by atoms with Gasteiger partial charge in [-0.25, -0.2) is 4.79 Å². The molecule has 0 aliphatic heterocycles. The van der Waals surface area contributed by atoms with E-state index in [1.54, 1.807) is 0 Å². The third-order valence-corrected chi connectivity index (χ3v) is 2.24. The van der Waals surface area contributed by atoms with Crippen LogP contribution in [-0.2, 0) is 4.79 Å². The summed E-state index contributed by atoms with van der Waals surface area (Å²) in [7, 11) is 0. The number of hydrogen-bond donors (Lipinski definition) is 1. The highest BCUT2D eigenvalue weighted by molar-refractivity contribution is 5.87. The van der Waals surface area contributed by atoms with Gasteiger partial charge >= 0.3 is 12.1 Å². The van der Waals surface area contributed by atoms with Crippen LogP contribution in [0.5, 0.6) is 0 Å². The first-order valence-electron chi connectivity index (χ1n) is 3.95. The second-order valence-electron chi connectivity index (χ2n) is 3.45. The van der Waals surface area contributed by atoms with E-state index >= 15 is 0 Å². The average molecular weight is 206 g/mol. The summed E-state index contributed by atoms with van der Waals surface area (Å²) in [6.45, 7) is 0.986. The first-order chi connectivity index (χ1) is 6.26. The molecule has 0 radical (unpaired) electrons. The van der Waals surface area contributed by atoms with Crippen molar-refractivity contribution >= 4 is 5.97 Å².